The van der Waals surface area contributed by atoms with Crippen molar-refractivity contribution in [1.29, 1.82) is 0 Å². The third kappa shape index (κ3) is 5.88. The first-order chi connectivity index (χ1) is 15.2. The molecule has 0 aliphatic rings. The van der Waals surface area contributed by atoms with Gasteiger partial charge in [-0.15, -0.1) is 12.4 Å². The third-order valence-corrected chi connectivity index (χ3v) is 5.06. The van der Waals surface area contributed by atoms with Crippen molar-refractivity contribution in [2.24, 2.45) is 5.73 Å². The molecule has 0 aliphatic carbocycles. The Kier molecular flexibility index (Phi) is 8.26. The first kappa shape index (κ1) is 23.3. The van der Waals surface area contributed by atoms with E-state index in [1.165, 1.54) is 0 Å². The highest BCUT2D eigenvalue weighted by Gasteiger charge is 2.14. The normalized spacial score (nSPS) is 10.3. The van der Waals surface area contributed by atoms with Crippen LogP contribution in [0.25, 0.3) is 11.1 Å². The Morgan fingerprint density at radius 2 is 1.34 bits per heavy atom. The van der Waals surface area contributed by atoms with Gasteiger partial charge >= 0.3 is 0 Å². The van der Waals surface area contributed by atoms with E-state index >= 15 is 0 Å². The molecule has 1 aromatic heterocycles. The van der Waals surface area contributed by atoms with Crippen molar-refractivity contribution < 1.29 is 9.47 Å². The summed E-state index contributed by atoms with van der Waals surface area (Å²) in [6, 6.07) is 30.2. The van der Waals surface area contributed by atoms with Gasteiger partial charge in [-0.2, -0.15) is 4.98 Å². The van der Waals surface area contributed by atoms with Gasteiger partial charge in [0.25, 0.3) is 0 Å². The van der Waals surface area contributed by atoms with E-state index in [2.05, 4.69) is 25.1 Å². The molecule has 3 aromatic carbocycles. The van der Waals surface area contributed by atoms with Crippen LogP contribution in [0.3, 0.4) is 0 Å². The van der Waals surface area contributed by atoms with E-state index in [9.17, 15) is 0 Å². The summed E-state index contributed by atoms with van der Waals surface area (Å²) in [6.07, 6.45) is 0. The Bertz CT molecular complexity index is 1130. The number of halogens is 1. The van der Waals surface area contributed by atoms with Gasteiger partial charge < -0.3 is 15.2 Å². The van der Waals surface area contributed by atoms with Crippen LogP contribution in [-0.4, -0.2) is 4.98 Å². The van der Waals surface area contributed by atoms with Crippen molar-refractivity contribution in [3.8, 4) is 22.9 Å². The lowest BCUT2D eigenvalue weighted by atomic mass is 9.98. The van der Waals surface area contributed by atoms with E-state index in [1.807, 2.05) is 72.8 Å². The zero-order valence-corrected chi connectivity index (χ0v) is 18.8. The van der Waals surface area contributed by atoms with Crippen LogP contribution >= 0.6 is 12.4 Å². The molecule has 0 aliphatic heterocycles. The number of pyridine rings is 1. The predicted molar refractivity (Wildman–Crippen MR) is 131 cm³/mol. The van der Waals surface area contributed by atoms with Gasteiger partial charge in [0.15, 0.2) is 0 Å². The predicted octanol–water partition coefficient (Wildman–Crippen LogP) is 6.10. The van der Waals surface area contributed by atoms with Crippen LogP contribution in [0.2, 0.25) is 0 Å². The fourth-order valence-corrected chi connectivity index (χ4v) is 3.40. The lowest BCUT2D eigenvalue weighted by molar-refractivity contribution is 0.268. The molecular weight excluding hydrogens is 420 g/mol. The molecule has 4 rings (SSSR count). The fraction of sp³-hybridized carbons (Fsp3) is 0.148. The second kappa shape index (κ2) is 11.3. The Hall–Kier alpha value is -3.34. The number of nitrogens with zero attached hydrogens (tertiary/aromatic N) is 1. The van der Waals surface area contributed by atoms with Crippen LogP contribution in [0, 0.1) is 6.92 Å². The summed E-state index contributed by atoms with van der Waals surface area (Å²) in [4.78, 5) is 4.70. The number of aryl methyl sites for hydroxylation is 1. The summed E-state index contributed by atoms with van der Waals surface area (Å²) in [5, 5.41) is 0. The number of rotatable bonds is 8. The van der Waals surface area contributed by atoms with Crippen LogP contribution in [0.5, 0.6) is 11.8 Å². The highest BCUT2D eigenvalue weighted by atomic mass is 35.5. The quantitative estimate of drug-likeness (QED) is 0.355. The maximum atomic E-state index is 6.18. The van der Waals surface area contributed by atoms with Gasteiger partial charge in [0.1, 0.15) is 13.2 Å². The molecule has 5 heteroatoms. The maximum Gasteiger partial charge on any atom is 0.225 e. The monoisotopic (exact) mass is 446 g/mol. The van der Waals surface area contributed by atoms with E-state index in [0.717, 1.165) is 33.4 Å². The summed E-state index contributed by atoms with van der Waals surface area (Å²) < 4.78 is 12.1. The van der Waals surface area contributed by atoms with Crippen LogP contribution in [-0.2, 0) is 19.8 Å². The van der Waals surface area contributed by atoms with Gasteiger partial charge in [0.05, 0.1) is 0 Å². The number of benzene rings is 3. The third-order valence-electron chi connectivity index (χ3n) is 5.06. The van der Waals surface area contributed by atoms with Crippen LogP contribution in [0.1, 0.15) is 22.3 Å². The minimum absolute atomic E-state index is 0. The zero-order valence-electron chi connectivity index (χ0n) is 18.0. The van der Waals surface area contributed by atoms with E-state index in [-0.39, 0.29) is 12.4 Å². The second-order valence-electron chi connectivity index (χ2n) is 7.42. The van der Waals surface area contributed by atoms with Gasteiger partial charge in [-0.25, -0.2) is 0 Å². The van der Waals surface area contributed by atoms with Gasteiger partial charge in [0.2, 0.25) is 11.8 Å². The molecule has 0 saturated carbocycles. The highest BCUT2D eigenvalue weighted by Crippen LogP contribution is 2.34. The SMILES string of the molecule is Cc1ccc(CN)c(-c2ccc(OCc3ccccc3)nc2OCc2ccccc2)c1.Cl. The van der Waals surface area contributed by atoms with Gasteiger partial charge in [-0.1, -0.05) is 84.4 Å². The largest absolute Gasteiger partial charge is 0.473 e. The maximum absolute atomic E-state index is 6.18. The molecule has 164 valence electrons. The molecule has 0 amide bonds. The minimum Gasteiger partial charge on any atom is -0.473 e. The summed E-state index contributed by atoms with van der Waals surface area (Å²) in [6.45, 7) is 3.38. The molecule has 4 nitrogen and oxygen atoms in total. The average Bonchev–Trinajstić information content (AvgIpc) is 2.83. The smallest absolute Gasteiger partial charge is 0.225 e. The number of nitrogens with two attached hydrogens (primary N) is 1. The average molecular weight is 447 g/mol. The summed E-state index contributed by atoms with van der Waals surface area (Å²) >= 11 is 0. The van der Waals surface area contributed by atoms with Crippen molar-refractivity contribution in [2.45, 2.75) is 26.7 Å². The number of hydrogen-bond acceptors (Lipinski definition) is 4. The second-order valence-corrected chi connectivity index (χ2v) is 7.42. The van der Waals surface area contributed by atoms with E-state index in [4.69, 9.17) is 20.2 Å². The molecule has 0 bridgehead atoms. The molecule has 0 saturated heterocycles. The van der Waals surface area contributed by atoms with Crippen molar-refractivity contribution in [1.82, 2.24) is 4.98 Å². The van der Waals surface area contributed by atoms with Crippen molar-refractivity contribution >= 4 is 12.4 Å². The molecule has 1 heterocycles. The molecule has 0 fully saturated rings. The molecule has 0 radical (unpaired) electrons. The van der Waals surface area contributed by atoms with E-state index in [0.29, 0.717) is 31.5 Å². The first-order valence-corrected chi connectivity index (χ1v) is 10.4. The number of hydrogen-bond donors (Lipinski definition) is 1. The zero-order chi connectivity index (χ0) is 21.5. The van der Waals surface area contributed by atoms with Crippen LogP contribution in [0.15, 0.2) is 91.0 Å². The van der Waals surface area contributed by atoms with Crippen molar-refractivity contribution in [2.75, 3.05) is 0 Å². The van der Waals surface area contributed by atoms with Crippen LogP contribution < -0.4 is 15.2 Å². The summed E-state index contributed by atoms with van der Waals surface area (Å²) in [5.74, 6) is 1.06. The number of ether oxygens (including phenoxy) is 2. The molecule has 0 atom stereocenters. The Morgan fingerprint density at radius 1 is 0.719 bits per heavy atom. The summed E-state index contributed by atoms with van der Waals surface area (Å²) in [5.41, 5.74) is 12.3. The Balaban J connectivity index is 0.00000289. The number of aromatic nitrogens is 1. The Labute approximate surface area is 195 Å². The van der Waals surface area contributed by atoms with E-state index < -0.39 is 0 Å². The fourth-order valence-electron chi connectivity index (χ4n) is 3.40. The van der Waals surface area contributed by atoms with Crippen LogP contribution in [0.4, 0.5) is 0 Å². The van der Waals surface area contributed by atoms with Crippen molar-refractivity contribution in [3.05, 3.63) is 113 Å². The van der Waals surface area contributed by atoms with E-state index in [1.54, 1.807) is 0 Å². The lowest BCUT2D eigenvalue weighted by Gasteiger charge is -2.16. The molecular formula is C27H27ClN2O2. The standard InChI is InChI=1S/C27H26N2O2.ClH/c1-20-12-13-23(17-28)25(16-20)24-14-15-26(30-18-21-8-4-2-5-9-21)29-27(24)31-19-22-10-6-3-7-11-22;/h2-16H,17-19,28H2,1H3;1H. The molecule has 0 spiro atoms. The molecule has 2 N–H and O–H groups in total. The van der Waals surface area contributed by atoms with Crippen molar-refractivity contribution in [3.63, 3.8) is 0 Å². The first-order valence-electron chi connectivity index (χ1n) is 10.4. The lowest BCUT2D eigenvalue weighted by Crippen LogP contribution is -2.04. The summed E-state index contributed by atoms with van der Waals surface area (Å²) in [7, 11) is 0. The minimum atomic E-state index is 0. The van der Waals surface area contributed by atoms with Gasteiger partial charge in [-0.05, 0) is 35.2 Å². The highest BCUT2D eigenvalue weighted by molar-refractivity contribution is 5.85. The van der Waals surface area contributed by atoms with Gasteiger partial charge in [0, 0.05) is 18.2 Å². The van der Waals surface area contributed by atoms with Gasteiger partial charge in [-0.3, -0.25) is 0 Å². The Morgan fingerprint density at radius 3 is 1.97 bits per heavy atom. The molecule has 32 heavy (non-hydrogen) atoms. The molecule has 0 unspecified atom stereocenters. The topological polar surface area (TPSA) is 57.4 Å². The molecule has 4 aromatic rings.